The normalized spacial score (nSPS) is 16.6. The van der Waals surface area contributed by atoms with Crippen molar-refractivity contribution < 1.29 is 0 Å². The summed E-state index contributed by atoms with van der Waals surface area (Å²) in [5, 5.41) is 14.0. The molecule has 0 bridgehead atoms. The van der Waals surface area contributed by atoms with Crippen LogP contribution in [-0.2, 0) is 6.54 Å². The minimum Gasteiger partial charge on any atom is -0.373 e. The van der Waals surface area contributed by atoms with Crippen LogP contribution in [0, 0.1) is 0 Å². The Morgan fingerprint density at radius 3 is 2.96 bits per heavy atom. The zero-order valence-electron chi connectivity index (χ0n) is 15.5. The lowest BCUT2D eigenvalue weighted by Crippen LogP contribution is -2.38. The number of nitrogens with zero attached hydrogens (tertiary/aromatic N) is 4. The second kappa shape index (κ2) is 8.18. The largest absolute Gasteiger partial charge is 0.373 e. The van der Waals surface area contributed by atoms with E-state index in [0.29, 0.717) is 6.04 Å². The number of rotatable bonds is 7. The Kier molecular flexibility index (Phi) is 5.29. The molecular formula is C20H25N7. The third-order valence-corrected chi connectivity index (χ3v) is 5.06. The highest BCUT2D eigenvalue weighted by Gasteiger charge is 2.25. The molecule has 1 unspecified atom stereocenters. The van der Waals surface area contributed by atoms with Crippen LogP contribution in [0.5, 0.6) is 0 Å². The fourth-order valence-electron chi connectivity index (χ4n) is 3.66. The lowest BCUT2D eigenvalue weighted by molar-refractivity contribution is 0.571. The molecule has 1 aromatic carbocycles. The zero-order valence-corrected chi connectivity index (χ0v) is 15.5. The molecule has 3 aromatic rings. The molecule has 3 N–H and O–H groups in total. The van der Waals surface area contributed by atoms with Crippen molar-refractivity contribution in [3.05, 3.63) is 54.5 Å². The van der Waals surface area contributed by atoms with Gasteiger partial charge in [0.15, 0.2) is 0 Å². The average Bonchev–Trinajstić information content (AvgIpc) is 3.38. The Morgan fingerprint density at radius 1 is 1.22 bits per heavy atom. The van der Waals surface area contributed by atoms with Crippen molar-refractivity contribution in [2.45, 2.75) is 25.4 Å². The number of hydrogen-bond acceptors (Lipinski definition) is 6. The molecule has 7 nitrogen and oxygen atoms in total. The van der Waals surface area contributed by atoms with Gasteiger partial charge >= 0.3 is 0 Å². The number of nitrogens with one attached hydrogen (secondary N) is 3. The lowest BCUT2D eigenvalue weighted by atomic mass is 10.1. The number of aromatic nitrogens is 4. The molecule has 3 heterocycles. The van der Waals surface area contributed by atoms with Crippen molar-refractivity contribution >= 4 is 11.6 Å². The van der Waals surface area contributed by atoms with E-state index < -0.39 is 0 Å². The van der Waals surface area contributed by atoms with Gasteiger partial charge in [0.25, 0.3) is 0 Å². The number of hydrogen-bond donors (Lipinski definition) is 3. The number of aromatic amines is 1. The molecule has 1 fully saturated rings. The number of H-pyrrole nitrogens is 1. The van der Waals surface area contributed by atoms with E-state index in [9.17, 15) is 0 Å². The quantitative estimate of drug-likeness (QED) is 0.599. The Morgan fingerprint density at radius 2 is 2.11 bits per heavy atom. The van der Waals surface area contributed by atoms with Crippen molar-refractivity contribution in [1.82, 2.24) is 25.5 Å². The van der Waals surface area contributed by atoms with E-state index in [2.05, 4.69) is 47.8 Å². The molecule has 0 amide bonds. The summed E-state index contributed by atoms with van der Waals surface area (Å²) in [4.78, 5) is 11.1. The molecule has 1 aliphatic heterocycles. The summed E-state index contributed by atoms with van der Waals surface area (Å²) in [5.41, 5.74) is 3.43. The summed E-state index contributed by atoms with van der Waals surface area (Å²) in [6.45, 7) is 2.74. The van der Waals surface area contributed by atoms with E-state index in [4.69, 9.17) is 0 Å². The molecule has 0 spiro atoms. The first-order valence-corrected chi connectivity index (χ1v) is 9.40. The van der Waals surface area contributed by atoms with Crippen LogP contribution in [0.2, 0.25) is 0 Å². The van der Waals surface area contributed by atoms with E-state index >= 15 is 0 Å². The van der Waals surface area contributed by atoms with E-state index in [1.165, 1.54) is 18.4 Å². The Labute approximate surface area is 159 Å². The van der Waals surface area contributed by atoms with Gasteiger partial charge in [-0.3, -0.25) is 5.10 Å². The van der Waals surface area contributed by atoms with Gasteiger partial charge in [0, 0.05) is 44.4 Å². The van der Waals surface area contributed by atoms with Crippen molar-refractivity contribution in [3.63, 3.8) is 0 Å². The Hall–Kier alpha value is -2.93. The SMILES string of the molecule is CNc1cc(N2CCCC2CNCc2cn[nH]c2-c2ccccc2)ncn1. The van der Waals surface area contributed by atoms with Gasteiger partial charge < -0.3 is 15.5 Å². The summed E-state index contributed by atoms with van der Waals surface area (Å²) in [7, 11) is 1.88. The summed E-state index contributed by atoms with van der Waals surface area (Å²) < 4.78 is 0. The Bertz CT molecular complexity index is 862. The van der Waals surface area contributed by atoms with Gasteiger partial charge in [-0.15, -0.1) is 0 Å². The molecule has 1 atom stereocenters. The maximum atomic E-state index is 4.46. The second-order valence-electron chi connectivity index (χ2n) is 6.77. The van der Waals surface area contributed by atoms with Crippen LogP contribution in [-0.4, -0.2) is 46.3 Å². The first kappa shape index (κ1) is 17.5. The van der Waals surface area contributed by atoms with Crippen LogP contribution < -0.4 is 15.5 Å². The summed E-state index contributed by atoms with van der Waals surface area (Å²) >= 11 is 0. The third-order valence-electron chi connectivity index (χ3n) is 5.06. The van der Waals surface area contributed by atoms with E-state index in [-0.39, 0.29) is 0 Å². The maximum absolute atomic E-state index is 4.46. The van der Waals surface area contributed by atoms with Gasteiger partial charge in [0.2, 0.25) is 0 Å². The van der Waals surface area contributed by atoms with Gasteiger partial charge in [0.1, 0.15) is 18.0 Å². The van der Waals surface area contributed by atoms with Gasteiger partial charge in [-0.05, 0) is 18.4 Å². The third kappa shape index (κ3) is 3.93. The molecule has 4 rings (SSSR count). The fraction of sp³-hybridized carbons (Fsp3) is 0.350. The standard InChI is InChI=1S/C20H25N7/c1-21-18-10-19(24-14-23-18)27-9-5-8-17(27)13-22-11-16-12-25-26-20(16)15-6-3-2-4-7-15/h2-4,6-7,10,12,14,17,22H,5,8-9,11,13H2,1H3,(H,25,26)(H,21,23,24). The van der Waals surface area contributed by atoms with Crippen LogP contribution in [0.15, 0.2) is 48.9 Å². The highest BCUT2D eigenvalue weighted by atomic mass is 15.2. The van der Waals surface area contributed by atoms with Crippen LogP contribution in [0.4, 0.5) is 11.6 Å². The topological polar surface area (TPSA) is 81.8 Å². The highest BCUT2D eigenvalue weighted by molar-refractivity contribution is 5.62. The molecule has 0 saturated carbocycles. The molecule has 140 valence electrons. The van der Waals surface area contributed by atoms with Crippen LogP contribution in [0.25, 0.3) is 11.3 Å². The molecule has 0 radical (unpaired) electrons. The summed E-state index contributed by atoms with van der Waals surface area (Å²) in [6, 6.07) is 12.8. The Balaban J connectivity index is 1.39. The predicted octanol–water partition coefficient (Wildman–Crippen LogP) is 2.67. The fourth-order valence-corrected chi connectivity index (χ4v) is 3.66. The van der Waals surface area contributed by atoms with Crippen molar-refractivity contribution in [2.24, 2.45) is 0 Å². The van der Waals surface area contributed by atoms with E-state index in [0.717, 1.165) is 42.5 Å². The molecule has 0 aliphatic carbocycles. The first-order valence-electron chi connectivity index (χ1n) is 9.40. The lowest BCUT2D eigenvalue weighted by Gasteiger charge is -2.26. The molecule has 1 saturated heterocycles. The second-order valence-corrected chi connectivity index (χ2v) is 6.77. The monoisotopic (exact) mass is 363 g/mol. The zero-order chi connectivity index (χ0) is 18.5. The average molecular weight is 363 g/mol. The molecular weight excluding hydrogens is 338 g/mol. The summed E-state index contributed by atoms with van der Waals surface area (Å²) in [6.07, 6.45) is 5.89. The van der Waals surface area contributed by atoms with E-state index in [1.54, 1.807) is 6.33 Å². The molecule has 27 heavy (non-hydrogen) atoms. The number of benzene rings is 1. The molecule has 1 aliphatic rings. The van der Waals surface area contributed by atoms with Gasteiger partial charge in [-0.2, -0.15) is 5.10 Å². The maximum Gasteiger partial charge on any atom is 0.134 e. The van der Waals surface area contributed by atoms with Crippen molar-refractivity contribution in [3.8, 4) is 11.3 Å². The number of anilines is 2. The summed E-state index contributed by atoms with van der Waals surface area (Å²) in [5.74, 6) is 1.84. The molecule has 7 heteroatoms. The minimum atomic E-state index is 0.441. The van der Waals surface area contributed by atoms with Crippen molar-refractivity contribution in [1.29, 1.82) is 0 Å². The molecule has 2 aromatic heterocycles. The van der Waals surface area contributed by atoms with Crippen LogP contribution in [0.3, 0.4) is 0 Å². The first-order chi connectivity index (χ1) is 13.3. The highest BCUT2D eigenvalue weighted by Crippen LogP contribution is 2.25. The van der Waals surface area contributed by atoms with Gasteiger partial charge in [-0.1, -0.05) is 30.3 Å². The van der Waals surface area contributed by atoms with Gasteiger partial charge in [0.05, 0.1) is 11.9 Å². The van der Waals surface area contributed by atoms with E-state index in [1.807, 2.05) is 37.5 Å². The smallest absolute Gasteiger partial charge is 0.134 e. The van der Waals surface area contributed by atoms with Crippen molar-refractivity contribution in [2.75, 3.05) is 30.4 Å². The van der Waals surface area contributed by atoms with Crippen LogP contribution >= 0.6 is 0 Å². The predicted molar refractivity (Wildman–Crippen MR) is 108 cm³/mol. The van der Waals surface area contributed by atoms with Crippen LogP contribution in [0.1, 0.15) is 18.4 Å². The van der Waals surface area contributed by atoms with Gasteiger partial charge in [-0.25, -0.2) is 9.97 Å². The minimum absolute atomic E-state index is 0.441.